The Hall–Kier alpha value is -6.38. The van der Waals surface area contributed by atoms with Crippen molar-refractivity contribution in [1.29, 1.82) is 0 Å². The van der Waals surface area contributed by atoms with E-state index in [1.54, 1.807) is 6.08 Å². The molecule has 0 heterocycles. The minimum absolute atomic E-state index is 0.819. The zero-order chi connectivity index (χ0) is 34.3. The third kappa shape index (κ3) is 7.06. The summed E-state index contributed by atoms with van der Waals surface area (Å²) in [5.74, 6) is 0. The molecule has 242 valence electrons. The van der Waals surface area contributed by atoms with Crippen LogP contribution >= 0.6 is 0 Å². The Morgan fingerprint density at radius 2 is 1.18 bits per heavy atom. The van der Waals surface area contributed by atoms with Crippen LogP contribution in [-0.2, 0) is 0 Å². The van der Waals surface area contributed by atoms with Crippen molar-refractivity contribution >= 4 is 45.7 Å². The van der Waals surface area contributed by atoms with Crippen molar-refractivity contribution in [1.82, 2.24) is 0 Å². The van der Waals surface area contributed by atoms with E-state index in [9.17, 15) is 0 Å². The molecule has 1 aliphatic carbocycles. The van der Waals surface area contributed by atoms with E-state index in [1.807, 2.05) is 6.07 Å². The van der Waals surface area contributed by atoms with Crippen LogP contribution in [0.3, 0.4) is 0 Å². The molecule has 0 atom stereocenters. The number of allylic oxidation sites excluding steroid dienone is 6. The molecule has 0 bridgehead atoms. The predicted octanol–water partition coefficient (Wildman–Crippen LogP) is 13.4. The zero-order valence-corrected chi connectivity index (χ0v) is 28.4. The van der Waals surface area contributed by atoms with Crippen LogP contribution in [0.2, 0.25) is 0 Å². The molecule has 6 aromatic rings. The Kier molecular flexibility index (Phi) is 9.53. The maximum atomic E-state index is 4.32. The van der Waals surface area contributed by atoms with Crippen molar-refractivity contribution in [2.75, 3.05) is 9.80 Å². The van der Waals surface area contributed by atoms with E-state index in [-0.39, 0.29) is 0 Å². The predicted molar refractivity (Wildman–Crippen MR) is 217 cm³/mol. The van der Waals surface area contributed by atoms with Crippen molar-refractivity contribution in [2.24, 2.45) is 0 Å². The Morgan fingerprint density at radius 1 is 0.600 bits per heavy atom. The van der Waals surface area contributed by atoms with Gasteiger partial charge in [-0.1, -0.05) is 128 Å². The average molecular weight is 645 g/mol. The first-order chi connectivity index (χ1) is 24.6. The van der Waals surface area contributed by atoms with Crippen LogP contribution in [0.25, 0.3) is 34.1 Å². The van der Waals surface area contributed by atoms with Gasteiger partial charge in [-0.2, -0.15) is 0 Å². The molecule has 0 unspecified atom stereocenters. The third-order valence-electron chi connectivity index (χ3n) is 9.10. The normalized spacial score (nSPS) is 13.4. The minimum atomic E-state index is 0.819. The lowest BCUT2D eigenvalue weighted by atomic mass is 10.0. The smallest absolute Gasteiger partial charge is 0.0467 e. The van der Waals surface area contributed by atoms with E-state index in [0.29, 0.717) is 0 Å². The highest BCUT2D eigenvalue weighted by Gasteiger charge is 2.15. The fourth-order valence-corrected chi connectivity index (χ4v) is 6.39. The SMILES string of the molecule is C=CC(=C)N(c1ccc(/C=C/c2ccc(N(C3=C/C(=C/C)CC=C3)c3ccccc3)cc2)cc1)c1ccc2cc(-c3ccccc3)ccc2c1. The van der Waals surface area contributed by atoms with Crippen LogP contribution in [0.4, 0.5) is 22.7 Å². The molecule has 6 aromatic carbocycles. The lowest BCUT2D eigenvalue weighted by molar-refractivity contribution is 1.14. The molecular formula is C48H40N2. The Bertz CT molecular complexity index is 2250. The van der Waals surface area contributed by atoms with Gasteiger partial charge >= 0.3 is 0 Å². The van der Waals surface area contributed by atoms with E-state index >= 15 is 0 Å². The van der Waals surface area contributed by atoms with Crippen molar-refractivity contribution < 1.29 is 0 Å². The summed E-state index contributed by atoms with van der Waals surface area (Å²) in [7, 11) is 0. The second-order valence-corrected chi connectivity index (χ2v) is 12.4. The van der Waals surface area contributed by atoms with Gasteiger partial charge in [-0.3, -0.25) is 0 Å². The lowest BCUT2D eigenvalue weighted by Crippen LogP contribution is -2.16. The molecule has 0 N–H and O–H groups in total. The fraction of sp³-hybridized carbons (Fsp3) is 0.0417. The number of anilines is 4. The van der Waals surface area contributed by atoms with E-state index < -0.39 is 0 Å². The summed E-state index contributed by atoms with van der Waals surface area (Å²) in [4.78, 5) is 4.46. The van der Waals surface area contributed by atoms with Crippen molar-refractivity contribution in [3.05, 3.63) is 217 Å². The summed E-state index contributed by atoms with van der Waals surface area (Å²) in [6, 6.07) is 51.6. The Morgan fingerprint density at radius 3 is 1.84 bits per heavy atom. The number of nitrogens with zero attached hydrogens (tertiary/aromatic N) is 2. The van der Waals surface area contributed by atoms with E-state index in [2.05, 4.69) is 206 Å². The van der Waals surface area contributed by atoms with Gasteiger partial charge in [-0.05, 0) is 125 Å². The molecule has 0 radical (unpaired) electrons. The van der Waals surface area contributed by atoms with Crippen LogP contribution in [0, 0.1) is 0 Å². The van der Waals surface area contributed by atoms with Crippen LogP contribution in [0.1, 0.15) is 24.5 Å². The molecule has 0 amide bonds. The van der Waals surface area contributed by atoms with Crippen LogP contribution < -0.4 is 9.80 Å². The van der Waals surface area contributed by atoms with Crippen LogP contribution in [-0.4, -0.2) is 0 Å². The average Bonchev–Trinajstić information content (AvgIpc) is 3.19. The van der Waals surface area contributed by atoms with Crippen molar-refractivity contribution in [2.45, 2.75) is 13.3 Å². The number of hydrogen-bond acceptors (Lipinski definition) is 2. The second kappa shape index (κ2) is 14.8. The van der Waals surface area contributed by atoms with Gasteiger partial charge < -0.3 is 9.80 Å². The van der Waals surface area contributed by atoms with E-state index in [4.69, 9.17) is 0 Å². The van der Waals surface area contributed by atoms with Gasteiger partial charge in [0.1, 0.15) is 0 Å². The Labute approximate surface area is 296 Å². The molecular weight excluding hydrogens is 605 g/mol. The second-order valence-electron chi connectivity index (χ2n) is 12.4. The van der Waals surface area contributed by atoms with Crippen LogP contribution in [0.15, 0.2) is 206 Å². The molecule has 2 nitrogen and oxygen atoms in total. The number of benzene rings is 6. The summed E-state index contributed by atoms with van der Waals surface area (Å²) in [6.07, 6.45) is 16.0. The highest BCUT2D eigenvalue weighted by Crippen LogP contribution is 2.35. The topological polar surface area (TPSA) is 6.48 Å². The van der Waals surface area contributed by atoms with E-state index in [1.165, 1.54) is 27.5 Å². The monoisotopic (exact) mass is 644 g/mol. The number of para-hydroxylation sites is 1. The standard InChI is InChI=1S/C48H40N2/c1-4-36(3)49(48-32-27-42-34-41(25-26-43(42)35-48)40-14-8-6-9-15-40)45-28-21-38(22-29-45)19-20-39-23-30-46(31-24-39)50(44-16-10-7-11-17-44)47-18-12-13-37(5-2)33-47/h4-12,14-35H,1,3,13H2,2H3/b20-19+,37-5+. The molecule has 0 saturated heterocycles. The summed E-state index contributed by atoms with van der Waals surface area (Å²) in [5, 5.41) is 2.38. The number of hydrogen-bond donors (Lipinski definition) is 0. The summed E-state index contributed by atoms with van der Waals surface area (Å²) in [5.41, 5.74) is 12.3. The summed E-state index contributed by atoms with van der Waals surface area (Å²) in [6.45, 7) is 10.4. The maximum Gasteiger partial charge on any atom is 0.0467 e. The highest BCUT2D eigenvalue weighted by molar-refractivity contribution is 5.91. The van der Waals surface area contributed by atoms with Gasteiger partial charge in [-0.25, -0.2) is 0 Å². The van der Waals surface area contributed by atoms with Gasteiger partial charge in [0.15, 0.2) is 0 Å². The lowest BCUT2D eigenvalue weighted by Gasteiger charge is -2.28. The Balaban J connectivity index is 1.10. The quantitative estimate of drug-likeness (QED) is 0.108. The van der Waals surface area contributed by atoms with Crippen molar-refractivity contribution in [3.8, 4) is 11.1 Å². The molecule has 0 aromatic heterocycles. The van der Waals surface area contributed by atoms with Gasteiger partial charge in [0.05, 0.1) is 0 Å². The molecule has 50 heavy (non-hydrogen) atoms. The molecule has 0 aliphatic heterocycles. The third-order valence-corrected chi connectivity index (χ3v) is 9.10. The zero-order valence-electron chi connectivity index (χ0n) is 28.4. The largest absolute Gasteiger partial charge is 0.311 e. The first-order valence-electron chi connectivity index (χ1n) is 17.1. The van der Waals surface area contributed by atoms with Gasteiger partial charge in [0.2, 0.25) is 0 Å². The maximum absolute atomic E-state index is 4.32. The molecule has 1 aliphatic rings. The summed E-state index contributed by atoms with van der Waals surface area (Å²) >= 11 is 0. The number of fused-ring (bicyclic) bond motifs is 1. The van der Waals surface area contributed by atoms with Gasteiger partial charge in [0.25, 0.3) is 0 Å². The first kappa shape index (κ1) is 32.2. The van der Waals surface area contributed by atoms with E-state index in [0.717, 1.165) is 51.7 Å². The number of rotatable bonds is 10. The molecule has 0 spiro atoms. The van der Waals surface area contributed by atoms with Gasteiger partial charge in [0, 0.05) is 34.1 Å². The molecule has 0 fully saturated rings. The van der Waals surface area contributed by atoms with Crippen LogP contribution in [0.5, 0.6) is 0 Å². The molecule has 7 rings (SSSR count). The molecule has 0 saturated carbocycles. The fourth-order valence-electron chi connectivity index (χ4n) is 6.39. The highest BCUT2D eigenvalue weighted by atomic mass is 15.1. The summed E-state index contributed by atoms with van der Waals surface area (Å²) < 4.78 is 0. The van der Waals surface area contributed by atoms with Crippen molar-refractivity contribution in [3.63, 3.8) is 0 Å². The molecule has 2 heteroatoms. The first-order valence-corrected chi connectivity index (χ1v) is 17.1. The minimum Gasteiger partial charge on any atom is -0.311 e. The van der Waals surface area contributed by atoms with Gasteiger partial charge in [-0.15, -0.1) is 0 Å².